The smallest absolute Gasteiger partial charge is 0.0113 e. The van der Waals surface area contributed by atoms with Crippen LogP contribution in [0.2, 0.25) is 0 Å². The normalized spacial score (nSPS) is 30.7. The number of hydrogen-bond acceptors (Lipinski definition) is 2. The third-order valence-electron chi connectivity index (χ3n) is 5.53. The van der Waals surface area contributed by atoms with E-state index in [1.165, 1.54) is 90.4 Å². The monoisotopic (exact) mass is 250 g/mol. The molecule has 3 aliphatic rings. The van der Waals surface area contributed by atoms with Crippen LogP contribution in [0.5, 0.6) is 0 Å². The van der Waals surface area contributed by atoms with Gasteiger partial charge in [0.05, 0.1) is 0 Å². The summed E-state index contributed by atoms with van der Waals surface area (Å²) in [5, 5.41) is 0. The van der Waals surface area contributed by atoms with Crippen LogP contribution in [0.15, 0.2) is 0 Å². The summed E-state index contributed by atoms with van der Waals surface area (Å²) in [5.74, 6) is 0. The molecule has 0 unspecified atom stereocenters. The first kappa shape index (κ1) is 12.9. The zero-order valence-corrected chi connectivity index (χ0v) is 11.9. The highest BCUT2D eigenvalue weighted by molar-refractivity contribution is 4.85. The van der Waals surface area contributed by atoms with Gasteiger partial charge in [-0.15, -0.1) is 0 Å². The molecule has 1 saturated heterocycles. The van der Waals surface area contributed by atoms with Crippen molar-refractivity contribution in [1.29, 1.82) is 0 Å². The minimum atomic E-state index is 0.929. The molecule has 2 heteroatoms. The van der Waals surface area contributed by atoms with Crippen molar-refractivity contribution in [3.05, 3.63) is 0 Å². The van der Waals surface area contributed by atoms with E-state index in [0.29, 0.717) is 0 Å². The molecule has 3 fully saturated rings. The van der Waals surface area contributed by atoms with Gasteiger partial charge in [-0.1, -0.05) is 38.5 Å². The van der Waals surface area contributed by atoms with Gasteiger partial charge in [0.2, 0.25) is 0 Å². The van der Waals surface area contributed by atoms with Gasteiger partial charge < -0.3 is 0 Å². The molecule has 1 aliphatic heterocycles. The number of nitrogens with zero attached hydrogens (tertiary/aromatic N) is 2. The second kappa shape index (κ2) is 6.38. The lowest BCUT2D eigenvalue weighted by Gasteiger charge is -2.41. The van der Waals surface area contributed by atoms with Gasteiger partial charge in [-0.2, -0.15) is 0 Å². The van der Waals surface area contributed by atoms with Crippen molar-refractivity contribution in [2.24, 2.45) is 0 Å². The maximum atomic E-state index is 2.82. The Hall–Kier alpha value is -0.0800. The van der Waals surface area contributed by atoms with E-state index in [1.54, 1.807) is 0 Å². The molecule has 0 amide bonds. The molecular weight excluding hydrogens is 220 g/mol. The zero-order chi connectivity index (χ0) is 12.2. The van der Waals surface area contributed by atoms with Crippen LogP contribution in [0.25, 0.3) is 0 Å². The van der Waals surface area contributed by atoms with Crippen molar-refractivity contribution in [3.63, 3.8) is 0 Å². The molecule has 1 heterocycles. The van der Waals surface area contributed by atoms with Gasteiger partial charge in [0, 0.05) is 38.3 Å². The Labute approximate surface area is 113 Å². The third kappa shape index (κ3) is 3.08. The molecule has 2 saturated carbocycles. The van der Waals surface area contributed by atoms with Crippen LogP contribution in [0, 0.1) is 0 Å². The quantitative estimate of drug-likeness (QED) is 0.694. The fourth-order valence-corrected chi connectivity index (χ4v) is 4.36. The first-order valence-electron chi connectivity index (χ1n) is 8.41. The van der Waals surface area contributed by atoms with Crippen LogP contribution in [-0.2, 0) is 0 Å². The van der Waals surface area contributed by atoms with Gasteiger partial charge in [-0.3, -0.25) is 9.80 Å². The lowest BCUT2D eigenvalue weighted by Crippen LogP contribution is -2.52. The van der Waals surface area contributed by atoms with Crippen LogP contribution in [0.3, 0.4) is 0 Å². The molecular formula is C16H30N2. The van der Waals surface area contributed by atoms with E-state index < -0.39 is 0 Å². The van der Waals surface area contributed by atoms with Crippen molar-refractivity contribution in [2.75, 3.05) is 26.2 Å². The van der Waals surface area contributed by atoms with Crippen LogP contribution < -0.4 is 0 Å². The molecule has 0 radical (unpaired) electrons. The van der Waals surface area contributed by atoms with Crippen LogP contribution >= 0.6 is 0 Å². The largest absolute Gasteiger partial charge is 0.298 e. The Balaban J connectivity index is 1.46. The SMILES string of the molecule is C1CCCC(N2CCN(C3CCCC3)CC2)CC1. The van der Waals surface area contributed by atoms with Crippen molar-refractivity contribution in [3.8, 4) is 0 Å². The van der Waals surface area contributed by atoms with Crippen LogP contribution in [0.1, 0.15) is 64.2 Å². The third-order valence-corrected chi connectivity index (χ3v) is 5.53. The van der Waals surface area contributed by atoms with Crippen molar-refractivity contribution >= 4 is 0 Å². The van der Waals surface area contributed by atoms with E-state index in [2.05, 4.69) is 9.80 Å². The molecule has 0 aromatic carbocycles. The van der Waals surface area contributed by atoms with E-state index >= 15 is 0 Å². The Morgan fingerprint density at radius 1 is 0.444 bits per heavy atom. The summed E-state index contributed by atoms with van der Waals surface area (Å²) in [6, 6.07) is 1.87. The predicted molar refractivity (Wildman–Crippen MR) is 76.9 cm³/mol. The molecule has 2 aliphatic carbocycles. The van der Waals surface area contributed by atoms with Gasteiger partial charge >= 0.3 is 0 Å². The second-order valence-electron chi connectivity index (χ2n) is 6.66. The average Bonchev–Trinajstić information content (AvgIpc) is 2.82. The van der Waals surface area contributed by atoms with Gasteiger partial charge in [0.25, 0.3) is 0 Å². The first-order valence-corrected chi connectivity index (χ1v) is 8.41. The molecule has 2 nitrogen and oxygen atoms in total. The van der Waals surface area contributed by atoms with Crippen molar-refractivity contribution in [2.45, 2.75) is 76.3 Å². The minimum Gasteiger partial charge on any atom is -0.298 e. The highest BCUT2D eigenvalue weighted by Crippen LogP contribution is 2.27. The lowest BCUT2D eigenvalue weighted by atomic mass is 10.1. The number of piperazine rings is 1. The van der Waals surface area contributed by atoms with Gasteiger partial charge in [-0.05, 0) is 25.7 Å². The summed E-state index contributed by atoms with van der Waals surface area (Å²) < 4.78 is 0. The maximum Gasteiger partial charge on any atom is 0.0113 e. The maximum absolute atomic E-state index is 2.82. The van der Waals surface area contributed by atoms with Crippen molar-refractivity contribution < 1.29 is 0 Å². The molecule has 0 bridgehead atoms. The van der Waals surface area contributed by atoms with Gasteiger partial charge in [0.1, 0.15) is 0 Å². The number of hydrogen-bond donors (Lipinski definition) is 0. The Morgan fingerprint density at radius 2 is 0.778 bits per heavy atom. The molecule has 0 spiro atoms. The molecule has 104 valence electrons. The predicted octanol–water partition coefficient (Wildman–Crippen LogP) is 3.27. The van der Waals surface area contributed by atoms with Gasteiger partial charge in [0.15, 0.2) is 0 Å². The molecule has 0 atom stereocenters. The Morgan fingerprint density at radius 3 is 1.17 bits per heavy atom. The fraction of sp³-hybridized carbons (Fsp3) is 1.00. The van der Waals surface area contributed by atoms with E-state index in [1.807, 2.05) is 0 Å². The summed E-state index contributed by atoms with van der Waals surface area (Å²) in [5.41, 5.74) is 0. The molecule has 0 aromatic heterocycles. The van der Waals surface area contributed by atoms with Crippen LogP contribution in [0.4, 0.5) is 0 Å². The molecule has 18 heavy (non-hydrogen) atoms. The summed E-state index contributed by atoms with van der Waals surface area (Å²) in [4.78, 5) is 5.61. The summed E-state index contributed by atoms with van der Waals surface area (Å²) in [6.45, 7) is 5.39. The minimum absolute atomic E-state index is 0.929. The average molecular weight is 250 g/mol. The summed E-state index contributed by atoms with van der Waals surface area (Å²) in [7, 11) is 0. The highest BCUT2D eigenvalue weighted by Gasteiger charge is 2.28. The molecule has 0 aromatic rings. The molecule has 0 N–H and O–H groups in total. The highest BCUT2D eigenvalue weighted by atomic mass is 15.3. The first-order chi connectivity index (χ1) is 8.93. The fourth-order valence-electron chi connectivity index (χ4n) is 4.36. The second-order valence-corrected chi connectivity index (χ2v) is 6.66. The van der Waals surface area contributed by atoms with Gasteiger partial charge in [-0.25, -0.2) is 0 Å². The van der Waals surface area contributed by atoms with E-state index in [0.717, 1.165) is 12.1 Å². The lowest BCUT2D eigenvalue weighted by molar-refractivity contribution is 0.0653. The summed E-state index contributed by atoms with van der Waals surface area (Å²) in [6.07, 6.45) is 14.8. The Bertz CT molecular complexity index is 231. The standard InChI is InChI=1S/C16H30N2/c1-2-4-8-15(7-3-1)17-11-13-18(14-12-17)16-9-5-6-10-16/h15-16H,1-14H2. The topological polar surface area (TPSA) is 6.48 Å². The zero-order valence-electron chi connectivity index (χ0n) is 11.9. The Kier molecular flexibility index (Phi) is 4.58. The molecule has 3 rings (SSSR count). The van der Waals surface area contributed by atoms with E-state index in [4.69, 9.17) is 0 Å². The van der Waals surface area contributed by atoms with E-state index in [-0.39, 0.29) is 0 Å². The van der Waals surface area contributed by atoms with E-state index in [9.17, 15) is 0 Å². The van der Waals surface area contributed by atoms with Crippen LogP contribution in [-0.4, -0.2) is 48.1 Å². The number of rotatable bonds is 2. The van der Waals surface area contributed by atoms with Crippen molar-refractivity contribution in [1.82, 2.24) is 9.80 Å². The summed E-state index contributed by atoms with van der Waals surface area (Å²) >= 11 is 0.